The first-order chi connectivity index (χ1) is 12.6. The molecule has 1 heterocycles. The van der Waals surface area contributed by atoms with Gasteiger partial charge in [-0.3, -0.25) is 4.79 Å². The molecule has 2 aromatic carbocycles. The van der Waals surface area contributed by atoms with E-state index in [0.29, 0.717) is 22.1 Å². The van der Waals surface area contributed by atoms with Crippen LogP contribution in [-0.2, 0) is 0 Å². The second-order valence-electron chi connectivity index (χ2n) is 5.48. The molecule has 0 atom stereocenters. The Morgan fingerprint density at radius 3 is 2.65 bits per heavy atom. The maximum Gasteiger partial charge on any atom is 0.275 e. The van der Waals surface area contributed by atoms with Gasteiger partial charge in [0.15, 0.2) is 0 Å². The minimum absolute atomic E-state index is 0.145. The molecule has 0 aliphatic rings. The van der Waals surface area contributed by atoms with Crippen molar-refractivity contribution in [1.82, 2.24) is 9.97 Å². The van der Waals surface area contributed by atoms with E-state index in [1.54, 1.807) is 36.4 Å². The fraction of sp³-hybridized carbons (Fsp3) is 0.0526. The van der Waals surface area contributed by atoms with Crippen LogP contribution in [0, 0.1) is 18.3 Å². The van der Waals surface area contributed by atoms with Crippen LogP contribution in [0.1, 0.15) is 21.6 Å². The predicted octanol–water partition coefficient (Wildman–Crippen LogP) is 4.31. The van der Waals surface area contributed by atoms with Gasteiger partial charge < -0.3 is 10.6 Å². The van der Waals surface area contributed by atoms with Gasteiger partial charge in [-0.15, -0.1) is 0 Å². The number of rotatable bonds is 4. The lowest BCUT2D eigenvalue weighted by atomic mass is 10.2. The Morgan fingerprint density at radius 1 is 1.12 bits per heavy atom. The summed E-state index contributed by atoms with van der Waals surface area (Å²) in [6.07, 6.45) is 2.83. The van der Waals surface area contributed by atoms with Crippen molar-refractivity contribution in [3.05, 3.63) is 76.7 Å². The van der Waals surface area contributed by atoms with Crippen molar-refractivity contribution in [3.8, 4) is 6.07 Å². The summed E-state index contributed by atoms with van der Waals surface area (Å²) in [4.78, 5) is 20.6. The maximum absolute atomic E-state index is 12.3. The lowest BCUT2D eigenvalue weighted by molar-refractivity contribution is 0.102. The summed E-state index contributed by atoms with van der Waals surface area (Å²) in [6.45, 7) is 1.94. The van der Waals surface area contributed by atoms with Gasteiger partial charge in [-0.25, -0.2) is 9.97 Å². The van der Waals surface area contributed by atoms with Crippen LogP contribution in [-0.4, -0.2) is 15.9 Å². The highest BCUT2D eigenvalue weighted by atomic mass is 35.5. The highest BCUT2D eigenvalue weighted by molar-refractivity contribution is 6.30. The van der Waals surface area contributed by atoms with Gasteiger partial charge in [0.2, 0.25) is 0 Å². The molecule has 0 bridgehead atoms. The summed E-state index contributed by atoms with van der Waals surface area (Å²) in [6, 6.07) is 14.3. The number of nitrogens with zero attached hydrogens (tertiary/aromatic N) is 3. The molecule has 0 fully saturated rings. The maximum atomic E-state index is 12.3. The molecule has 0 aliphatic carbocycles. The van der Waals surface area contributed by atoms with Crippen LogP contribution in [0.2, 0.25) is 5.02 Å². The Hall–Kier alpha value is -3.43. The average Bonchev–Trinajstić information content (AvgIpc) is 2.65. The van der Waals surface area contributed by atoms with E-state index in [0.717, 1.165) is 11.3 Å². The summed E-state index contributed by atoms with van der Waals surface area (Å²) in [5, 5.41) is 15.5. The monoisotopic (exact) mass is 363 g/mol. The van der Waals surface area contributed by atoms with Crippen LogP contribution >= 0.6 is 11.6 Å². The summed E-state index contributed by atoms with van der Waals surface area (Å²) in [5.74, 6) is 0.0510. The minimum Gasteiger partial charge on any atom is -0.339 e. The van der Waals surface area contributed by atoms with Crippen molar-refractivity contribution in [2.45, 2.75) is 6.92 Å². The van der Waals surface area contributed by atoms with E-state index < -0.39 is 5.91 Å². The first-order valence-electron chi connectivity index (χ1n) is 7.72. The summed E-state index contributed by atoms with van der Waals surface area (Å²) in [7, 11) is 0. The summed E-state index contributed by atoms with van der Waals surface area (Å²) in [5.41, 5.74) is 2.77. The second kappa shape index (κ2) is 7.64. The van der Waals surface area contributed by atoms with E-state index in [2.05, 4.69) is 20.6 Å². The van der Waals surface area contributed by atoms with E-state index in [9.17, 15) is 4.79 Å². The third kappa shape index (κ3) is 3.97. The molecule has 7 heteroatoms. The molecule has 6 nitrogen and oxygen atoms in total. The van der Waals surface area contributed by atoms with Crippen LogP contribution in [0.15, 0.2) is 54.9 Å². The van der Waals surface area contributed by atoms with Gasteiger partial charge in [0.05, 0.1) is 23.6 Å². The third-order valence-corrected chi connectivity index (χ3v) is 3.88. The molecule has 0 aliphatic heterocycles. The number of amides is 1. The van der Waals surface area contributed by atoms with Crippen molar-refractivity contribution < 1.29 is 4.79 Å². The average molecular weight is 364 g/mol. The van der Waals surface area contributed by atoms with Gasteiger partial charge in [-0.05, 0) is 36.8 Å². The molecule has 128 valence electrons. The van der Waals surface area contributed by atoms with E-state index in [-0.39, 0.29) is 5.69 Å². The fourth-order valence-corrected chi connectivity index (χ4v) is 2.42. The first-order valence-corrected chi connectivity index (χ1v) is 8.10. The van der Waals surface area contributed by atoms with Gasteiger partial charge in [0, 0.05) is 10.7 Å². The zero-order valence-electron chi connectivity index (χ0n) is 13.8. The van der Waals surface area contributed by atoms with Gasteiger partial charge >= 0.3 is 0 Å². The quantitative estimate of drug-likeness (QED) is 0.720. The first kappa shape index (κ1) is 17.4. The Bertz CT molecular complexity index is 996. The van der Waals surface area contributed by atoms with Crippen LogP contribution in [0.3, 0.4) is 0 Å². The van der Waals surface area contributed by atoms with Crippen molar-refractivity contribution >= 4 is 34.7 Å². The molecular weight excluding hydrogens is 350 g/mol. The number of aryl methyl sites for hydroxylation is 1. The Morgan fingerprint density at radius 2 is 1.92 bits per heavy atom. The number of carbonyl (C=O) groups excluding carboxylic acids is 1. The molecule has 26 heavy (non-hydrogen) atoms. The molecule has 0 unspecified atom stereocenters. The number of benzene rings is 2. The molecule has 3 rings (SSSR count). The van der Waals surface area contributed by atoms with Crippen LogP contribution in [0.4, 0.5) is 17.2 Å². The summed E-state index contributed by atoms with van der Waals surface area (Å²) < 4.78 is 0. The molecule has 2 N–H and O–H groups in total. The number of halogens is 1. The number of hydrogen-bond donors (Lipinski definition) is 2. The lowest BCUT2D eigenvalue weighted by Crippen LogP contribution is -2.15. The van der Waals surface area contributed by atoms with Crippen molar-refractivity contribution in [3.63, 3.8) is 0 Å². The van der Waals surface area contributed by atoms with Crippen LogP contribution in [0.25, 0.3) is 0 Å². The molecule has 0 saturated carbocycles. The Labute approximate surface area is 155 Å². The van der Waals surface area contributed by atoms with E-state index in [1.165, 1.54) is 12.4 Å². The van der Waals surface area contributed by atoms with Gasteiger partial charge in [0.25, 0.3) is 5.91 Å². The number of nitrogens with one attached hydrogen (secondary N) is 2. The minimum atomic E-state index is -0.439. The van der Waals surface area contributed by atoms with E-state index in [4.69, 9.17) is 16.9 Å². The lowest BCUT2D eigenvalue weighted by Gasteiger charge is -2.10. The highest BCUT2D eigenvalue weighted by Crippen LogP contribution is 2.23. The number of aromatic nitrogens is 2. The third-order valence-electron chi connectivity index (χ3n) is 3.64. The number of carbonyl (C=O) groups is 1. The Balaban J connectivity index is 1.74. The largest absolute Gasteiger partial charge is 0.339 e. The Kier molecular flexibility index (Phi) is 5.11. The number of anilines is 3. The molecule has 1 amide bonds. The number of para-hydroxylation sites is 1. The zero-order chi connectivity index (χ0) is 18.5. The van der Waals surface area contributed by atoms with E-state index in [1.807, 2.05) is 19.1 Å². The van der Waals surface area contributed by atoms with Crippen molar-refractivity contribution in [2.75, 3.05) is 10.6 Å². The molecule has 1 aromatic heterocycles. The van der Waals surface area contributed by atoms with E-state index >= 15 is 0 Å². The molecule has 3 aromatic rings. The predicted molar refractivity (Wildman–Crippen MR) is 101 cm³/mol. The number of hydrogen-bond acceptors (Lipinski definition) is 5. The summed E-state index contributed by atoms with van der Waals surface area (Å²) >= 11 is 6.00. The molecular formula is C19H14ClN5O. The van der Waals surface area contributed by atoms with Gasteiger partial charge in [-0.1, -0.05) is 29.8 Å². The van der Waals surface area contributed by atoms with Crippen molar-refractivity contribution in [1.29, 1.82) is 5.26 Å². The zero-order valence-corrected chi connectivity index (χ0v) is 14.6. The van der Waals surface area contributed by atoms with Crippen molar-refractivity contribution in [2.24, 2.45) is 0 Å². The standard InChI is InChI=1S/C19H14ClN5O/c1-12-6-7-14(20)8-16(12)24-18-11-22-17(10-23-18)19(26)25-15-5-3-2-4-13(15)9-21/h2-8,10-11H,1H3,(H,23,24)(H,25,26). The van der Waals surface area contributed by atoms with Gasteiger partial charge in [-0.2, -0.15) is 5.26 Å². The van der Waals surface area contributed by atoms with Crippen LogP contribution < -0.4 is 10.6 Å². The number of nitriles is 1. The second-order valence-corrected chi connectivity index (χ2v) is 5.92. The SMILES string of the molecule is Cc1ccc(Cl)cc1Nc1cnc(C(=O)Nc2ccccc2C#N)cn1. The molecule has 0 saturated heterocycles. The molecule has 0 spiro atoms. The smallest absolute Gasteiger partial charge is 0.275 e. The highest BCUT2D eigenvalue weighted by Gasteiger charge is 2.11. The molecule has 0 radical (unpaired) electrons. The fourth-order valence-electron chi connectivity index (χ4n) is 2.25. The van der Waals surface area contributed by atoms with Gasteiger partial charge in [0.1, 0.15) is 17.6 Å². The topological polar surface area (TPSA) is 90.7 Å². The van der Waals surface area contributed by atoms with Crippen LogP contribution in [0.5, 0.6) is 0 Å². The normalized spacial score (nSPS) is 10.0.